The largest absolute Gasteiger partial charge is 0.363 e. The highest BCUT2D eigenvalue weighted by Gasteiger charge is 2.51. The number of amides is 1. The Morgan fingerprint density at radius 1 is 1.54 bits per heavy atom. The van der Waals surface area contributed by atoms with E-state index in [-0.39, 0.29) is 17.2 Å². The summed E-state index contributed by atoms with van der Waals surface area (Å²) < 4.78 is 21.8. The maximum absolute atomic E-state index is 13.2. The van der Waals surface area contributed by atoms with E-state index in [0.29, 0.717) is 22.9 Å². The first-order valence-corrected chi connectivity index (χ1v) is 9.69. The van der Waals surface area contributed by atoms with Gasteiger partial charge in [0.05, 0.1) is 21.4 Å². The zero-order valence-corrected chi connectivity index (χ0v) is 15.5. The number of carbonyl (C=O) groups is 1. The number of guanidine groups is 1. The number of fused-ring (bicyclic) bond motifs is 1. The molecule has 2 fully saturated rings. The molecule has 0 saturated carbocycles. The number of halogens is 2. The molecule has 11 heteroatoms. The highest BCUT2D eigenvalue weighted by molar-refractivity contribution is 7.98. The lowest BCUT2D eigenvalue weighted by Gasteiger charge is -2.38. The minimum atomic E-state index is -0.674. The molecule has 4 N–H and O–H groups in total. The average Bonchev–Trinajstić information content (AvgIpc) is 3.18. The second kappa shape index (κ2) is 6.69. The number of carbonyl (C=O) groups excluding carboxylic acids is 1. The SMILES string of the molecule is N=C1NSC2OCCC2(c2sc(C(=O)Nc3cccc(F)n3)cc2Cl)N1. The van der Waals surface area contributed by atoms with Crippen molar-refractivity contribution in [1.82, 2.24) is 15.0 Å². The molecule has 4 heterocycles. The molecule has 2 aromatic rings. The normalized spacial score (nSPS) is 24.5. The van der Waals surface area contributed by atoms with E-state index in [2.05, 4.69) is 20.3 Å². The number of hydrogen-bond donors (Lipinski definition) is 4. The van der Waals surface area contributed by atoms with Crippen LogP contribution in [0.5, 0.6) is 0 Å². The molecule has 0 spiro atoms. The molecule has 26 heavy (non-hydrogen) atoms. The highest BCUT2D eigenvalue weighted by Crippen LogP contribution is 2.48. The standard InChI is InChI=1S/C15H13ClFN5O2S2/c16-7-6-8(12(23)20-10-3-1-2-9(17)19-10)25-11(7)15-4-5-24-13(15)26-22-14(18)21-15/h1-3,6,13H,4-5H2,(H3,18,21,22)(H,19,20,23). The number of nitrogens with one attached hydrogen (secondary N) is 4. The van der Waals surface area contributed by atoms with Crippen molar-refractivity contribution in [3.8, 4) is 0 Å². The van der Waals surface area contributed by atoms with Gasteiger partial charge in [-0.2, -0.15) is 4.39 Å². The first kappa shape index (κ1) is 17.5. The fourth-order valence-electron chi connectivity index (χ4n) is 2.92. The number of thiophene rings is 1. The van der Waals surface area contributed by atoms with Gasteiger partial charge in [-0.25, -0.2) is 4.98 Å². The lowest BCUT2D eigenvalue weighted by atomic mass is 9.96. The number of aromatic nitrogens is 1. The van der Waals surface area contributed by atoms with Gasteiger partial charge in [-0.05, 0) is 30.1 Å². The smallest absolute Gasteiger partial charge is 0.266 e. The van der Waals surface area contributed by atoms with Gasteiger partial charge in [-0.3, -0.25) is 14.9 Å². The monoisotopic (exact) mass is 413 g/mol. The molecule has 4 rings (SSSR count). The molecule has 2 aromatic heterocycles. The maximum atomic E-state index is 13.2. The zero-order chi connectivity index (χ0) is 18.3. The predicted octanol–water partition coefficient (Wildman–Crippen LogP) is 2.91. The molecular weight excluding hydrogens is 401 g/mol. The Bertz CT molecular complexity index is 895. The Labute approximate surface area is 161 Å². The van der Waals surface area contributed by atoms with E-state index >= 15 is 0 Å². The molecule has 2 saturated heterocycles. The van der Waals surface area contributed by atoms with Crippen LogP contribution in [0.4, 0.5) is 10.2 Å². The number of rotatable bonds is 3. The van der Waals surface area contributed by atoms with E-state index in [1.54, 1.807) is 6.07 Å². The number of pyridine rings is 1. The van der Waals surface area contributed by atoms with Crippen molar-refractivity contribution in [3.63, 3.8) is 0 Å². The molecular formula is C15H13ClFN5O2S2. The van der Waals surface area contributed by atoms with Crippen LogP contribution < -0.4 is 15.4 Å². The van der Waals surface area contributed by atoms with Crippen molar-refractivity contribution >= 4 is 52.6 Å². The van der Waals surface area contributed by atoms with E-state index in [9.17, 15) is 9.18 Å². The first-order chi connectivity index (χ1) is 12.5. The summed E-state index contributed by atoms with van der Waals surface area (Å²) in [5.74, 6) is -0.813. The third-order valence-corrected chi connectivity index (χ3v) is 6.85. The van der Waals surface area contributed by atoms with Crippen LogP contribution in [-0.2, 0) is 10.3 Å². The Morgan fingerprint density at radius 3 is 3.19 bits per heavy atom. The molecule has 0 aromatic carbocycles. The summed E-state index contributed by atoms with van der Waals surface area (Å²) >= 11 is 8.94. The van der Waals surface area contributed by atoms with Crippen LogP contribution in [0.2, 0.25) is 5.02 Å². The lowest BCUT2D eigenvalue weighted by Crippen LogP contribution is -2.57. The third kappa shape index (κ3) is 3.02. The van der Waals surface area contributed by atoms with E-state index in [1.807, 2.05) is 0 Å². The topological polar surface area (TPSA) is 99.1 Å². The van der Waals surface area contributed by atoms with Crippen LogP contribution in [0.3, 0.4) is 0 Å². The number of nitrogens with zero attached hydrogens (tertiary/aromatic N) is 1. The molecule has 2 unspecified atom stereocenters. The van der Waals surface area contributed by atoms with Crippen LogP contribution in [0.25, 0.3) is 0 Å². The van der Waals surface area contributed by atoms with Gasteiger partial charge in [0.25, 0.3) is 5.91 Å². The fourth-order valence-corrected chi connectivity index (χ4v) is 5.53. The summed E-state index contributed by atoms with van der Waals surface area (Å²) in [6.07, 6.45) is 0.626. The summed E-state index contributed by atoms with van der Waals surface area (Å²) in [4.78, 5) is 17.2. The van der Waals surface area contributed by atoms with Gasteiger partial charge in [-0.1, -0.05) is 17.7 Å². The zero-order valence-electron chi connectivity index (χ0n) is 13.1. The van der Waals surface area contributed by atoms with Crippen LogP contribution in [-0.4, -0.2) is 28.9 Å². The van der Waals surface area contributed by atoms with Crippen molar-refractivity contribution in [2.24, 2.45) is 0 Å². The molecule has 7 nitrogen and oxygen atoms in total. The van der Waals surface area contributed by atoms with Crippen LogP contribution in [0.1, 0.15) is 21.0 Å². The maximum Gasteiger partial charge on any atom is 0.266 e. The molecule has 0 aliphatic carbocycles. The molecule has 1 amide bonds. The van der Waals surface area contributed by atoms with Gasteiger partial charge in [0.1, 0.15) is 11.4 Å². The van der Waals surface area contributed by atoms with E-state index in [0.717, 1.165) is 4.88 Å². The Kier molecular flexibility index (Phi) is 4.51. The third-order valence-electron chi connectivity index (χ3n) is 4.06. The summed E-state index contributed by atoms with van der Waals surface area (Å²) in [6, 6.07) is 5.73. The first-order valence-electron chi connectivity index (χ1n) is 7.62. The van der Waals surface area contributed by atoms with Crippen LogP contribution in [0.15, 0.2) is 24.3 Å². The van der Waals surface area contributed by atoms with Crippen LogP contribution in [0, 0.1) is 11.4 Å². The van der Waals surface area contributed by atoms with E-state index < -0.39 is 17.4 Å². The minimum absolute atomic E-state index is 0.124. The molecule has 2 atom stereocenters. The molecule has 2 aliphatic heterocycles. The average molecular weight is 414 g/mol. The Hall–Kier alpha value is -1.88. The molecule has 2 aliphatic rings. The summed E-state index contributed by atoms with van der Waals surface area (Å²) in [6.45, 7) is 0.516. The number of hydrogen-bond acceptors (Lipinski definition) is 6. The summed E-state index contributed by atoms with van der Waals surface area (Å²) in [5.41, 5.74) is -0.932. The predicted molar refractivity (Wildman–Crippen MR) is 99.1 cm³/mol. The van der Waals surface area contributed by atoms with E-state index in [1.165, 1.54) is 41.5 Å². The van der Waals surface area contributed by atoms with E-state index in [4.69, 9.17) is 21.7 Å². The number of ether oxygens (including phenoxy) is 1. The van der Waals surface area contributed by atoms with Crippen molar-refractivity contribution in [2.75, 3.05) is 11.9 Å². The quantitative estimate of drug-likeness (QED) is 0.456. The highest BCUT2D eigenvalue weighted by atomic mass is 35.5. The molecule has 136 valence electrons. The van der Waals surface area contributed by atoms with Gasteiger partial charge in [-0.15, -0.1) is 11.3 Å². The Balaban J connectivity index is 1.63. The van der Waals surface area contributed by atoms with Gasteiger partial charge in [0, 0.05) is 6.42 Å². The van der Waals surface area contributed by atoms with Crippen molar-refractivity contribution in [1.29, 1.82) is 5.41 Å². The molecule has 0 radical (unpaired) electrons. The van der Waals surface area contributed by atoms with Gasteiger partial charge in [0.2, 0.25) is 5.95 Å². The van der Waals surface area contributed by atoms with Crippen molar-refractivity contribution in [3.05, 3.63) is 45.0 Å². The van der Waals surface area contributed by atoms with Gasteiger partial charge in [0.15, 0.2) is 11.4 Å². The second-order valence-corrected chi connectivity index (χ2v) is 8.06. The summed E-state index contributed by atoms with van der Waals surface area (Å²) in [5, 5.41) is 14.0. The minimum Gasteiger partial charge on any atom is -0.363 e. The Morgan fingerprint density at radius 2 is 2.38 bits per heavy atom. The summed E-state index contributed by atoms with van der Waals surface area (Å²) in [7, 11) is 0. The van der Waals surface area contributed by atoms with Crippen molar-refractivity contribution in [2.45, 2.75) is 17.4 Å². The van der Waals surface area contributed by atoms with Gasteiger partial charge >= 0.3 is 0 Å². The second-order valence-electron chi connectivity index (χ2n) is 5.73. The van der Waals surface area contributed by atoms with Crippen LogP contribution >= 0.6 is 34.9 Å². The lowest BCUT2D eigenvalue weighted by molar-refractivity contribution is 0.103. The van der Waals surface area contributed by atoms with Crippen molar-refractivity contribution < 1.29 is 13.9 Å². The van der Waals surface area contributed by atoms with Gasteiger partial charge < -0.3 is 15.4 Å². The fraction of sp³-hybridized carbons (Fsp3) is 0.267. The molecule has 0 bridgehead atoms. The number of anilines is 1.